The lowest BCUT2D eigenvalue weighted by Crippen LogP contribution is -2.50. The first kappa shape index (κ1) is 23.8. The first-order valence-electron chi connectivity index (χ1n) is 9.01. The molecule has 162 valence electrons. The van der Waals surface area contributed by atoms with Crippen LogP contribution in [0.25, 0.3) is 0 Å². The third-order valence-electron chi connectivity index (χ3n) is 4.46. The lowest BCUT2D eigenvalue weighted by molar-refractivity contribution is -0.139. The maximum absolute atomic E-state index is 13.6. The van der Waals surface area contributed by atoms with Gasteiger partial charge in [-0.05, 0) is 42.8 Å². The molecule has 7 nitrogen and oxygen atoms in total. The molecule has 0 radical (unpaired) electrons. The van der Waals surface area contributed by atoms with Gasteiger partial charge >= 0.3 is 0 Å². The van der Waals surface area contributed by atoms with Crippen LogP contribution in [0.15, 0.2) is 53.0 Å². The van der Waals surface area contributed by atoms with Crippen molar-refractivity contribution in [2.75, 3.05) is 24.2 Å². The molecular weight excluding hydrogens is 477 g/mol. The van der Waals surface area contributed by atoms with E-state index in [1.807, 2.05) is 0 Å². The van der Waals surface area contributed by atoms with E-state index in [2.05, 4.69) is 21.2 Å². The lowest BCUT2D eigenvalue weighted by atomic mass is 10.1. The number of hydrogen-bond donors (Lipinski definition) is 1. The summed E-state index contributed by atoms with van der Waals surface area (Å²) >= 11 is 3.34. The zero-order valence-electron chi connectivity index (χ0n) is 16.8. The van der Waals surface area contributed by atoms with Gasteiger partial charge in [0.25, 0.3) is 0 Å². The van der Waals surface area contributed by atoms with E-state index < -0.39 is 40.2 Å². The van der Waals surface area contributed by atoms with Gasteiger partial charge in [0.15, 0.2) is 0 Å². The second kappa shape index (κ2) is 10.0. The molecule has 0 spiro atoms. The smallest absolute Gasteiger partial charge is 0.244 e. The number of sulfonamides is 1. The molecule has 1 N–H and O–H groups in total. The highest BCUT2D eigenvalue weighted by Crippen LogP contribution is 2.20. The summed E-state index contributed by atoms with van der Waals surface area (Å²) in [6.45, 7) is 1.09. The summed E-state index contributed by atoms with van der Waals surface area (Å²) in [6, 6.07) is 11.3. The normalized spacial score (nSPS) is 12.2. The molecule has 2 aromatic carbocycles. The summed E-state index contributed by atoms with van der Waals surface area (Å²) in [6.07, 6.45) is 0.937. The summed E-state index contributed by atoms with van der Waals surface area (Å²) in [5, 5.41) is 2.50. The van der Waals surface area contributed by atoms with Crippen LogP contribution in [-0.4, -0.2) is 51.0 Å². The summed E-state index contributed by atoms with van der Waals surface area (Å²) in [5.74, 6) is -1.61. The molecule has 10 heteroatoms. The van der Waals surface area contributed by atoms with Gasteiger partial charge in [-0.1, -0.05) is 34.1 Å². The highest BCUT2D eigenvalue weighted by atomic mass is 79.9. The van der Waals surface area contributed by atoms with Crippen molar-refractivity contribution in [1.29, 1.82) is 0 Å². The van der Waals surface area contributed by atoms with Crippen molar-refractivity contribution in [2.45, 2.75) is 19.5 Å². The number of amides is 2. The van der Waals surface area contributed by atoms with Crippen LogP contribution in [0.3, 0.4) is 0 Å². The molecule has 0 saturated carbocycles. The minimum absolute atomic E-state index is 0.0297. The van der Waals surface area contributed by atoms with E-state index in [1.165, 1.54) is 30.1 Å². The SMILES string of the molecule is CNC(=O)[C@H](C)N(Cc1ccc(Br)cc1)C(=O)CN(c1cccc(F)c1)S(C)(=O)=O. The Labute approximate surface area is 184 Å². The number of benzene rings is 2. The lowest BCUT2D eigenvalue weighted by Gasteiger charge is -2.31. The van der Waals surface area contributed by atoms with Crippen LogP contribution in [0.5, 0.6) is 0 Å². The van der Waals surface area contributed by atoms with Crippen molar-refractivity contribution in [2.24, 2.45) is 0 Å². The van der Waals surface area contributed by atoms with Crippen LogP contribution in [0.4, 0.5) is 10.1 Å². The van der Waals surface area contributed by atoms with E-state index in [9.17, 15) is 22.4 Å². The number of hydrogen-bond acceptors (Lipinski definition) is 4. The van der Waals surface area contributed by atoms with E-state index in [0.717, 1.165) is 26.7 Å². The number of likely N-dealkylation sites (N-methyl/N-ethyl adjacent to an activating group) is 1. The number of carbonyl (C=O) groups excluding carboxylic acids is 2. The Morgan fingerprint density at radius 3 is 2.33 bits per heavy atom. The van der Waals surface area contributed by atoms with Gasteiger partial charge in [0.2, 0.25) is 21.8 Å². The van der Waals surface area contributed by atoms with E-state index in [0.29, 0.717) is 0 Å². The van der Waals surface area contributed by atoms with Crippen molar-refractivity contribution in [3.63, 3.8) is 0 Å². The number of rotatable bonds is 8. The van der Waals surface area contributed by atoms with E-state index in [4.69, 9.17) is 0 Å². The van der Waals surface area contributed by atoms with Gasteiger partial charge < -0.3 is 10.2 Å². The van der Waals surface area contributed by atoms with E-state index in [-0.39, 0.29) is 12.2 Å². The molecule has 0 fully saturated rings. The molecule has 2 rings (SSSR count). The molecule has 0 aliphatic rings. The largest absolute Gasteiger partial charge is 0.357 e. The molecule has 0 bridgehead atoms. The predicted octanol–water partition coefficient (Wildman–Crippen LogP) is 2.52. The molecule has 0 heterocycles. The van der Waals surface area contributed by atoms with Crippen molar-refractivity contribution in [1.82, 2.24) is 10.2 Å². The highest BCUT2D eigenvalue weighted by Gasteiger charge is 2.29. The molecule has 0 saturated heterocycles. The van der Waals surface area contributed by atoms with E-state index >= 15 is 0 Å². The molecule has 0 aliphatic heterocycles. The van der Waals surface area contributed by atoms with Gasteiger partial charge in [0.05, 0.1) is 11.9 Å². The number of nitrogens with zero attached hydrogens (tertiary/aromatic N) is 2. The number of carbonyl (C=O) groups is 2. The van der Waals surface area contributed by atoms with Crippen molar-refractivity contribution >= 4 is 43.5 Å². The topological polar surface area (TPSA) is 86.8 Å². The van der Waals surface area contributed by atoms with Crippen LogP contribution in [0.1, 0.15) is 12.5 Å². The maximum Gasteiger partial charge on any atom is 0.244 e. The Balaban J connectivity index is 2.36. The zero-order chi connectivity index (χ0) is 22.5. The van der Waals surface area contributed by atoms with Gasteiger partial charge in [0, 0.05) is 18.1 Å². The zero-order valence-corrected chi connectivity index (χ0v) is 19.2. The minimum atomic E-state index is -3.88. The Morgan fingerprint density at radius 1 is 1.17 bits per heavy atom. The standard InChI is InChI=1S/C20H23BrFN3O4S/c1-14(20(27)23-2)24(12-15-7-9-16(21)10-8-15)19(26)13-25(30(3,28)29)18-6-4-5-17(22)11-18/h4-11,14H,12-13H2,1-3H3,(H,23,27)/t14-/m0/s1. The summed E-state index contributed by atoms with van der Waals surface area (Å²) in [4.78, 5) is 26.6. The first-order chi connectivity index (χ1) is 14.0. The van der Waals surface area contributed by atoms with Crippen LogP contribution in [-0.2, 0) is 26.2 Å². The quantitative estimate of drug-likeness (QED) is 0.604. The molecule has 1 atom stereocenters. The van der Waals surface area contributed by atoms with Crippen LogP contribution >= 0.6 is 15.9 Å². The second-order valence-electron chi connectivity index (χ2n) is 6.69. The van der Waals surface area contributed by atoms with Gasteiger partial charge in [0.1, 0.15) is 18.4 Å². The predicted molar refractivity (Wildman–Crippen MR) is 117 cm³/mol. The monoisotopic (exact) mass is 499 g/mol. The first-order valence-corrected chi connectivity index (χ1v) is 11.7. The molecule has 2 aromatic rings. The average molecular weight is 500 g/mol. The summed E-state index contributed by atoms with van der Waals surface area (Å²) in [7, 11) is -2.43. The fourth-order valence-electron chi connectivity index (χ4n) is 2.82. The van der Waals surface area contributed by atoms with Gasteiger partial charge in [-0.25, -0.2) is 12.8 Å². The fourth-order valence-corrected chi connectivity index (χ4v) is 3.93. The van der Waals surface area contributed by atoms with Gasteiger partial charge in [-0.15, -0.1) is 0 Å². The maximum atomic E-state index is 13.6. The average Bonchev–Trinajstić information content (AvgIpc) is 2.69. The fraction of sp³-hybridized carbons (Fsp3) is 0.300. The van der Waals surface area contributed by atoms with Crippen molar-refractivity contribution < 1.29 is 22.4 Å². The van der Waals surface area contributed by atoms with Crippen LogP contribution in [0, 0.1) is 5.82 Å². The Morgan fingerprint density at radius 2 is 1.80 bits per heavy atom. The highest BCUT2D eigenvalue weighted by molar-refractivity contribution is 9.10. The Hall–Kier alpha value is -2.46. The third-order valence-corrected chi connectivity index (χ3v) is 6.12. The molecule has 0 unspecified atom stereocenters. The van der Waals surface area contributed by atoms with Gasteiger partial charge in [-0.3, -0.25) is 13.9 Å². The third kappa shape index (κ3) is 6.27. The second-order valence-corrected chi connectivity index (χ2v) is 9.51. The van der Waals surface area contributed by atoms with Crippen LogP contribution < -0.4 is 9.62 Å². The van der Waals surface area contributed by atoms with Crippen molar-refractivity contribution in [3.8, 4) is 0 Å². The number of halogens is 2. The Bertz CT molecular complexity index is 1010. The molecule has 2 amide bonds. The molecule has 0 aliphatic carbocycles. The van der Waals surface area contributed by atoms with E-state index in [1.54, 1.807) is 31.2 Å². The molecule has 0 aromatic heterocycles. The minimum Gasteiger partial charge on any atom is -0.357 e. The summed E-state index contributed by atoms with van der Waals surface area (Å²) in [5.41, 5.74) is 0.793. The van der Waals surface area contributed by atoms with Crippen LogP contribution in [0.2, 0.25) is 0 Å². The number of anilines is 1. The number of nitrogens with one attached hydrogen (secondary N) is 1. The van der Waals surface area contributed by atoms with Crippen molar-refractivity contribution in [3.05, 3.63) is 64.4 Å². The van der Waals surface area contributed by atoms with Gasteiger partial charge in [-0.2, -0.15) is 0 Å². The Kier molecular flexibility index (Phi) is 7.96. The molecule has 30 heavy (non-hydrogen) atoms. The molecular formula is C20H23BrFN3O4S. The summed E-state index contributed by atoms with van der Waals surface area (Å²) < 4.78 is 39.9.